The molecule has 1 aromatic heterocycles. The topological polar surface area (TPSA) is 38.0 Å². The fourth-order valence-corrected chi connectivity index (χ4v) is 1.62. The predicted octanol–water partition coefficient (Wildman–Crippen LogP) is 2.42. The number of nitrogens with zero attached hydrogens (tertiary/aromatic N) is 2. The van der Waals surface area contributed by atoms with E-state index in [0.717, 1.165) is 17.4 Å². The summed E-state index contributed by atoms with van der Waals surface area (Å²) in [6.07, 6.45) is 0. The van der Waals surface area contributed by atoms with E-state index < -0.39 is 0 Å². The van der Waals surface area contributed by atoms with Gasteiger partial charge in [-0.2, -0.15) is 5.10 Å². The van der Waals surface area contributed by atoms with E-state index in [1.165, 1.54) is 0 Å². The van der Waals surface area contributed by atoms with E-state index in [-0.39, 0.29) is 5.75 Å². The Hall–Kier alpha value is -1.22. The molecule has 0 unspecified atom stereocenters. The van der Waals surface area contributed by atoms with Crippen molar-refractivity contribution in [2.45, 2.75) is 13.5 Å². The van der Waals surface area contributed by atoms with Crippen LogP contribution in [0.25, 0.3) is 10.9 Å². The number of hydrogen-bond donors (Lipinski definition) is 1. The molecule has 0 saturated carbocycles. The van der Waals surface area contributed by atoms with Crippen molar-refractivity contribution in [2.75, 3.05) is 0 Å². The van der Waals surface area contributed by atoms with Crippen molar-refractivity contribution in [3.8, 4) is 5.75 Å². The summed E-state index contributed by atoms with van der Waals surface area (Å²) in [5.74, 6) is 0.213. The number of halogens is 1. The van der Waals surface area contributed by atoms with Gasteiger partial charge in [-0.05, 0) is 19.1 Å². The van der Waals surface area contributed by atoms with Gasteiger partial charge in [0.25, 0.3) is 0 Å². The zero-order valence-corrected chi connectivity index (χ0v) is 7.91. The van der Waals surface area contributed by atoms with Gasteiger partial charge < -0.3 is 5.11 Å². The molecule has 0 spiro atoms. The van der Waals surface area contributed by atoms with Crippen LogP contribution in [0.4, 0.5) is 0 Å². The van der Waals surface area contributed by atoms with Crippen molar-refractivity contribution >= 4 is 22.5 Å². The summed E-state index contributed by atoms with van der Waals surface area (Å²) >= 11 is 6.03. The van der Waals surface area contributed by atoms with Gasteiger partial charge >= 0.3 is 0 Å². The lowest BCUT2D eigenvalue weighted by molar-refractivity contribution is 0.476. The van der Waals surface area contributed by atoms with Gasteiger partial charge in [-0.3, -0.25) is 4.68 Å². The standard InChI is InChI=1S/C9H9ClN2O/c1-2-12-9(10)7-4-3-6(13)5-8(7)11-12/h3-5,13H,2H2,1H3. The van der Waals surface area contributed by atoms with Crippen LogP contribution in [-0.2, 0) is 6.54 Å². The molecule has 68 valence electrons. The van der Waals surface area contributed by atoms with Gasteiger partial charge in [0.05, 0.1) is 5.52 Å². The maximum Gasteiger partial charge on any atom is 0.134 e. The van der Waals surface area contributed by atoms with Crippen molar-refractivity contribution in [1.82, 2.24) is 9.78 Å². The smallest absolute Gasteiger partial charge is 0.134 e. The average molecular weight is 197 g/mol. The Labute approximate surface area is 80.5 Å². The average Bonchev–Trinajstić information content (AvgIpc) is 2.42. The van der Waals surface area contributed by atoms with Crippen molar-refractivity contribution in [3.63, 3.8) is 0 Å². The second kappa shape index (κ2) is 2.92. The second-order valence-corrected chi connectivity index (χ2v) is 3.17. The molecule has 0 aliphatic rings. The third-order valence-corrected chi connectivity index (χ3v) is 2.36. The molecule has 2 aromatic rings. The molecule has 0 bridgehead atoms. The fraction of sp³-hybridized carbons (Fsp3) is 0.222. The van der Waals surface area contributed by atoms with Gasteiger partial charge in [-0.25, -0.2) is 0 Å². The summed E-state index contributed by atoms with van der Waals surface area (Å²) in [4.78, 5) is 0. The molecule has 2 rings (SSSR count). The maximum absolute atomic E-state index is 9.21. The molecule has 3 nitrogen and oxygen atoms in total. The van der Waals surface area contributed by atoms with Crippen molar-refractivity contribution in [2.24, 2.45) is 0 Å². The number of phenolic OH excluding ortho intramolecular Hbond substituents is 1. The van der Waals surface area contributed by atoms with Gasteiger partial charge in [-0.15, -0.1) is 0 Å². The first-order valence-electron chi connectivity index (χ1n) is 4.07. The van der Waals surface area contributed by atoms with E-state index in [4.69, 9.17) is 11.6 Å². The molecular formula is C9H9ClN2O. The molecule has 1 N–H and O–H groups in total. The maximum atomic E-state index is 9.21. The zero-order valence-electron chi connectivity index (χ0n) is 7.16. The van der Waals surface area contributed by atoms with Crippen molar-refractivity contribution in [3.05, 3.63) is 23.4 Å². The predicted molar refractivity (Wildman–Crippen MR) is 52.1 cm³/mol. The van der Waals surface area contributed by atoms with Crippen LogP contribution in [0, 0.1) is 0 Å². The lowest BCUT2D eigenvalue weighted by atomic mass is 10.2. The van der Waals surface area contributed by atoms with Crippen LogP contribution >= 0.6 is 11.6 Å². The zero-order chi connectivity index (χ0) is 9.42. The van der Waals surface area contributed by atoms with E-state index in [1.807, 2.05) is 6.92 Å². The number of aromatic nitrogens is 2. The van der Waals surface area contributed by atoms with Gasteiger partial charge in [0.2, 0.25) is 0 Å². The Kier molecular flexibility index (Phi) is 1.88. The number of benzene rings is 1. The van der Waals surface area contributed by atoms with Crippen LogP contribution in [0.1, 0.15) is 6.92 Å². The van der Waals surface area contributed by atoms with Gasteiger partial charge in [0.15, 0.2) is 0 Å². The Morgan fingerprint density at radius 2 is 2.31 bits per heavy atom. The molecular weight excluding hydrogens is 188 g/mol. The van der Waals surface area contributed by atoms with Crippen LogP contribution in [-0.4, -0.2) is 14.9 Å². The number of fused-ring (bicyclic) bond motifs is 1. The first-order chi connectivity index (χ1) is 6.22. The summed E-state index contributed by atoms with van der Waals surface area (Å²) in [6.45, 7) is 2.70. The minimum absolute atomic E-state index is 0.213. The third-order valence-electron chi connectivity index (χ3n) is 1.96. The molecule has 0 saturated heterocycles. The highest BCUT2D eigenvalue weighted by molar-refractivity contribution is 6.34. The highest BCUT2D eigenvalue weighted by atomic mass is 35.5. The van der Waals surface area contributed by atoms with E-state index >= 15 is 0 Å². The molecule has 13 heavy (non-hydrogen) atoms. The molecule has 4 heteroatoms. The molecule has 1 heterocycles. The molecule has 0 radical (unpaired) electrons. The first-order valence-corrected chi connectivity index (χ1v) is 4.45. The minimum Gasteiger partial charge on any atom is -0.508 e. The summed E-state index contributed by atoms with van der Waals surface area (Å²) in [6, 6.07) is 4.98. The second-order valence-electron chi connectivity index (χ2n) is 2.81. The largest absolute Gasteiger partial charge is 0.508 e. The van der Waals surface area contributed by atoms with Crippen LogP contribution < -0.4 is 0 Å². The van der Waals surface area contributed by atoms with Crippen LogP contribution in [0.3, 0.4) is 0 Å². The summed E-state index contributed by atoms with van der Waals surface area (Å²) in [5, 5.41) is 14.9. The highest BCUT2D eigenvalue weighted by Crippen LogP contribution is 2.25. The van der Waals surface area contributed by atoms with Crippen molar-refractivity contribution < 1.29 is 5.11 Å². The monoisotopic (exact) mass is 196 g/mol. The molecule has 0 amide bonds. The van der Waals surface area contributed by atoms with Gasteiger partial charge in [0, 0.05) is 18.0 Å². The number of hydrogen-bond acceptors (Lipinski definition) is 2. The SMILES string of the molecule is CCn1nc2cc(O)ccc2c1Cl. The van der Waals surface area contributed by atoms with Gasteiger partial charge in [-0.1, -0.05) is 11.6 Å². The summed E-state index contributed by atoms with van der Waals surface area (Å²) in [7, 11) is 0. The molecule has 0 aliphatic carbocycles. The Morgan fingerprint density at radius 1 is 1.54 bits per heavy atom. The van der Waals surface area contributed by atoms with E-state index in [2.05, 4.69) is 5.10 Å². The summed E-state index contributed by atoms with van der Waals surface area (Å²) < 4.78 is 1.70. The van der Waals surface area contributed by atoms with Gasteiger partial charge in [0.1, 0.15) is 10.9 Å². The molecule has 1 aromatic carbocycles. The number of aryl methyl sites for hydroxylation is 1. The lowest BCUT2D eigenvalue weighted by Gasteiger charge is -1.93. The number of rotatable bonds is 1. The summed E-state index contributed by atoms with van der Waals surface area (Å²) in [5.41, 5.74) is 0.729. The van der Waals surface area contributed by atoms with E-state index in [9.17, 15) is 5.11 Å². The van der Waals surface area contributed by atoms with Crippen LogP contribution in [0.5, 0.6) is 5.75 Å². The highest BCUT2D eigenvalue weighted by Gasteiger charge is 2.07. The Balaban J connectivity index is 2.76. The normalized spacial score (nSPS) is 10.9. The van der Waals surface area contributed by atoms with Crippen molar-refractivity contribution in [1.29, 1.82) is 0 Å². The molecule has 0 atom stereocenters. The molecule has 0 aliphatic heterocycles. The Bertz CT molecular complexity index is 450. The van der Waals surface area contributed by atoms with E-state index in [1.54, 1.807) is 22.9 Å². The van der Waals surface area contributed by atoms with E-state index in [0.29, 0.717) is 5.15 Å². The van der Waals surface area contributed by atoms with Crippen LogP contribution in [0.2, 0.25) is 5.15 Å². The first kappa shape index (κ1) is 8.38. The molecule has 0 fully saturated rings. The lowest BCUT2D eigenvalue weighted by Crippen LogP contribution is -1.94. The number of aromatic hydroxyl groups is 1. The van der Waals surface area contributed by atoms with Crippen LogP contribution in [0.15, 0.2) is 18.2 Å². The third kappa shape index (κ3) is 1.25. The quantitative estimate of drug-likeness (QED) is 0.761. The number of phenols is 1. The Morgan fingerprint density at radius 3 is 3.00 bits per heavy atom. The minimum atomic E-state index is 0.213. The fourth-order valence-electron chi connectivity index (χ4n) is 1.30.